The summed E-state index contributed by atoms with van der Waals surface area (Å²) >= 11 is 0. The zero-order valence-corrected chi connectivity index (χ0v) is 10.9. The minimum absolute atomic E-state index is 0.230. The van der Waals surface area contributed by atoms with E-state index in [1.807, 2.05) is 36.4 Å². The lowest BCUT2D eigenvalue weighted by molar-refractivity contribution is -0.141. The average molecular weight is 259 g/mol. The molecule has 2 rings (SSSR count). The predicted molar refractivity (Wildman–Crippen MR) is 74.0 cm³/mol. The number of hydrogen-bond donors (Lipinski definition) is 1. The maximum Gasteiger partial charge on any atom is 0.308 e. The van der Waals surface area contributed by atoms with Crippen molar-refractivity contribution in [3.8, 4) is 5.75 Å². The van der Waals surface area contributed by atoms with Gasteiger partial charge in [0.2, 0.25) is 0 Å². The summed E-state index contributed by atoms with van der Waals surface area (Å²) in [6.45, 7) is 0.687. The smallest absolute Gasteiger partial charge is 0.308 e. The lowest BCUT2D eigenvalue weighted by atomic mass is 10.0. The van der Waals surface area contributed by atoms with Gasteiger partial charge in [0, 0.05) is 12.1 Å². The standard InChI is InChI=1S/C15H17NO3/c1-18-15(17)8-9-19-14-7-6-11-4-2-3-5-12(11)13(14)10-16/h2-7H,8-10,16H2,1H3. The van der Waals surface area contributed by atoms with Crippen molar-refractivity contribution >= 4 is 16.7 Å². The highest BCUT2D eigenvalue weighted by Crippen LogP contribution is 2.27. The molecule has 0 unspecified atom stereocenters. The van der Waals surface area contributed by atoms with E-state index >= 15 is 0 Å². The first-order valence-electron chi connectivity index (χ1n) is 6.16. The molecule has 0 aliphatic rings. The molecule has 0 saturated carbocycles. The Bertz CT molecular complexity index is 581. The third kappa shape index (κ3) is 3.03. The Morgan fingerprint density at radius 3 is 2.74 bits per heavy atom. The summed E-state index contributed by atoms with van der Waals surface area (Å²) in [4.78, 5) is 11.0. The van der Waals surface area contributed by atoms with Gasteiger partial charge in [0.15, 0.2) is 0 Å². The molecule has 0 amide bonds. The van der Waals surface area contributed by atoms with E-state index in [0.717, 1.165) is 22.1 Å². The van der Waals surface area contributed by atoms with Crippen molar-refractivity contribution in [2.24, 2.45) is 5.73 Å². The Labute approximate surface area is 112 Å². The zero-order chi connectivity index (χ0) is 13.7. The topological polar surface area (TPSA) is 61.5 Å². The summed E-state index contributed by atoms with van der Waals surface area (Å²) in [7, 11) is 1.36. The molecule has 100 valence electrons. The zero-order valence-electron chi connectivity index (χ0n) is 10.9. The van der Waals surface area contributed by atoms with Gasteiger partial charge in [0.1, 0.15) is 5.75 Å². The molecule has 0 aromatic heterocycles. The molecule has 0 spiro atoms. The van der Waals surface area contributed by atoms with Crippen molar-refractivity contribution in [2.75, 3.05) is 13.7 Å². The first kappa shape index (κ1) is 13.4. The molecule has 0 heterocycles. The number of hydrogen-bond acceptors (Lipinski definition) is 4. The molecule has 19 heavy (non-hydrogen) atoms. The molecule has 0 radical (unpaired) electrons. The van der Waals surface area contributed by atoms with Crippen LogP contribution in [0.3, 0.4) is 0 Å². The van der Waals surface area contributed by atoms with Crippen LogP contribution in [0.1, 0.15) is 12.0 Å². The van der Waals surface area contributed by atoms with E-state index in [0.29, 0.717) is 6.54 Å². The fourth-order valence-corrected chi connectivity index (χ4v) is 2.01. The summed E-state index contributed by atoms with van der Waals surface area (Å²) in [5.41, 5.74) is 6.76. The maximum atomic E-state index is 11.0. The third-order valence-electron chi connectivity index (χ3n) is 2.99. The fourth-order valence-electron chi connectivity index (χ4n) is 2.01. The van der Waals surface area contributed by atoms with E-state index in [2.05, 4.69) is 4.74 Å². The van der Waals surface area contributed by atoms with Crippen molar-refractivity contribution in [3.05, 3.63) is 42.0 Å². The quantitative estimate of drug-likeness (QED) is 0.836. The van der Waals surface area contributed by atoms with Crippen LogP contribution in [0.25, 0.3) is 10.8 Å². The van der Waals surface area contributed by atoms with Crippen molar-refractivity contribution in [3.63, 3.8) is 0 Å². The van der Waals surface area contributed by atoms with Crippen LogP contribution in [0.4, 0.5) is 0 Å². The number of nitrogens with two attached hydrogens (primary N) is 1. The number of carbonyl (C=O) groups is 1. The Morgan fingerprint density at radius 2 is 2.00 bits per heavy atom. The maximum absolute atomic E-state index is 11.0. The molecule has 0 aliphatic heterocycles. The highest BCUT2D eigenvalue weighted by Gasteiger charge is 2.08. The number of fused-ring (bicyclic) bond motifs is 1. The number of carbonyl (C=O) groups excluding carboxylic acids is 1. The molecule has 0 fully saturated rings. The second kappa shape index (κ2) is 6.20. The molecule has 0 saturated heterocycles. The van der Waals surface area contributed by atoms with Crippen LogP contribution >= 0.6 is 0 Å². The lowest BCUT2D eigenvalue weighted by Gasteiger charge is -2.12. The van der Waals surface area contributed by atoms with Gasteiger partial charge in [-0.05, 0) is 16.8 Å². The van der Waals surface area contributed by atoms with E-state index in [-0.39, 0.29) is 19.0 Å². The van der Waals surface area contributed by atoms with Gasteiger partial charge < -0.3 is 15.2 Å². The van der Waals surface area contributed by atoms with Crippen molar-refractivity contribution in [1.29, 1.82) is 0 Å². The van der Waals surface area contributed by atoms with Crippen LogP contribution < -0.4 is 10.5 Å². The van der Waals surface area contributed by atoms with Crippen molar-refractivity contribution < 1.29 is 14.3 Å². The van der Waals surface area contributed by atoms with Gasteiger partial charge in [-0.15, -0.1) is 0 Å². The Morgan fingerprint density at radius 1 is 1.21 bits per heavy atom. The first-order chi connectivity index (χ1) is 9.26. The summed E-state index contributed by atoms with van der Waals surface area (Å²) in [6.07, 6.45) is 0.230. The Hall–Kier alpha value is -2.07. The van der Waals surface area contributed by atoms with Gasteiger partial charge in [-0.2, -0.15) is 0 Å². The Kier molecular flexibility index (Phi) is 4.36. The molecule has 2 aromatic carbocycles. The van der Waals surface area contributed by atoms with E-state index in [9.17, 15) is 4.79 Å². The van der Waals surface area contributed by atoms with Gasteiger partial charge >= 0.3 is 5.97 Å². The van der Waals surface area contributed by atoms with Crippen LogP contribution in [-0.4, -0.2) is 19.7 Å². The number of ether oxygens (including phenoxy) is 2. The summed E-state index contributed by atoms with van der Waals surface area (Å²) < 4.78 is 10.2. The minimum Gasteiger partial charge on any atom is -0.493 e. The fraction of sp³-hybridized carbons (Fsp3) is 0.267. The molecule has 0 atom stereocenters. The summed E-state index contributed by atoms with van der Waals surface area (Å²) in [5, 5.41) is 2.21. The van der Waals surface area contributed by atoms with Crippen LogP contribution in [-0.2, 0) is 16.1 Å². The van der Waals surface area contributed by atoms with E-state index in [1.165, 1.54) is 7.11 Å². The minimum atomic E-state index is -0.282. The number of methoxy groups -OCH3 is 1. The molecule has 0 bridgehead atoms. The molecule has 2 N–H and O–H groups in total. The van der Waals surface area contributed by atoms with Gasteiger partial charge in [-0.25, -0.2) is 0 Å². The Balaban J connectivity index is 2.21. The second-order valence-corrected chi connectivity index (χ2v) is 4.14. The highest BCUT2D eigenvalue weighted by atomic mass is 16.5. The first-order valence-corrected chi connectivity index (χ1v) is 6.16. The van der Waals surface area contributed by atoms with Gasteiger partial charge in [0.05, 0.1) is 20.1 Å². The summed E-state index contributed by atoms with van der Waals surface area (Å²) in [5.74, 6) is 0.445. The molecular weight excluding hydrogens is 242 g/mol. The van der Waals surface area contributed by atoms with Gasteiger partial charge in [-0.1, -0.05) is 30.3 Å². The van der Waals surface area contributed by atoms with E-state index in [1.54, 1.807) is 0 Å². The van der Waals surface area contributed by atoms with Crippen molar-refractivity contribution in [1.82, 2.24) is 0 Å². The molecule has 4 nitrogen and oxygen atoms in total. The lowest BCUT2D eigenvalue weighted by Crippen LogP contribution is -2.09. The van der Waals surface area contributed by atoms with Crippen LogP contribution in [0.15, 0.2) is 36.4 Å². The predicted octanol–water partition coefficient (Wildman–Crippen LogP) is 2.24. The van der Waals surface area contributed by atoms with E-state index < -0.39 is 0 Å². The molecule has 2 aromatic rings. The monoisotopic (exact) mass is 259 g/mol. The molecule has 0 aliphatic carbocycles. The average Bonchev–Trinajstić information content (AvgIpc) is 2.46. The van der Waals surface area contributed by atoms with Crippen LogP contribution in [0.5, 0.6) is 5.75 Å². The largest absolute Gasteiger partial charge is 0.493 e. The number of benzene rings is 2. The normalized spacial score (nSPS) is 10.4. The highest BCUT2D eigenvalue weighted by molar-refractivity contribution is 5.87. The van der Waals surface area contributed by atoms with E-state index in [4.69, 9.17) is 10.5 Å². The van der Waals surface area contributed by atoms with Crippen LogP contribution in [0, 0.1) is 0 Å². The molecular formula is C15H17NO3. The van der Waals surface area contributed by atoms with Gasteiger partial charge in [-0.3, -0.25) is 4.79 Å². The number of rotatable bonds is 5. The van der Waals surface area contributed by atoms with Crippen molar-refractivity contribution in [2.45, 2.75) is 13.0 Å². The third-order valence-corrected chi connectivity index (χ3v) is 2.99. The molecule has 4 heteroatoms. The van der Waals surface area contributed by atoms with Gasteiger partial charge in [0.25, 0.3) is 0 Å². The SMILES string of the molecule is COC(=O)CCOc1ccc2ccccc2c1CN. The van der Waals surface area contributed by atoms with Crippen LogP contribution in [0.2, 0.25) is 0 Å². The second-order valence-electron chi connectivity index (χ2n) is 4.14. The summed E-state index contributed by atoms with van der Waals surface area (Å²) in [6, 6.07) is 11.9. The number of esters is 1.